The molecular weight excluding hydrogens is 206 g/mol. The fourth-order valence-corrected chi connectivity index (χ4v) is 1.01. The molecule has 0 aliphatic heterocycles. The fourth-order valence-electron chi connectivity index (χ4n) is 1.01. The van der Waals surface area contributed by atoms with E-state index in [0.717, 1.165) is 5.56 Å². The van der Waals surface area contributed by atoms with Crippen LogP contribution in [0.4, 0.5) is 4.79 Å². The molecule has 2 N–H and O–H groups in total. The molecule has 0 heterocycles. The zero-order valence-corrected chi connectivity index (χ0v) is 8.77. The molecule has 0 fully saturated rings. The summed E-state index contributed by atoms with van der Waals surface area (Å²) in [5.74, 6) is 4.96. The topological polar surface area (TPSA) is 58.6 Å². The summed E-state index contributed by atoms with van der Waals surface area (Å²) in [4.78, 5) is 11.1. The molecule has 4 heteroatoms. The van der Waals surface area contributed by atoms with Gasteiger partial charge in [-0.2, -0.15) is 0 Å². The molecule has 4 nitrogen and oxygen atoms in total. The highest BCUT2D eigenvalue weighted by Crippen LogP contribution is 2.00. The molecule has 16 heavy (non-hydrogen) atoms. The second kappa shape index (κ2) is 7.32. The van der Waals surface area contributed by atoms with Crippen molar-refractivity contribution >= 4 is 6.09 Å². The number of carbonyl (C=O) groups is 1. The Bertz CT molecular complexity index is 378. The summed E-state index contributed by atoms with van der Waals surface area (Å²) in [7, 11) is 0. The molecule has 84 valence electrons. The molecule has 0 bridgehead atoms. The highest BCUT2D eigenvalue weighted by atomic mass is 16.5. The average Bonchev–Trinajstić information content (AvgIpc) is 2.33. The lowest BCUT2D eigenvalue weighted by molar-refractivity contribution is 0.141. The van der Waals surface area contributed by atoms with Crippen LogP contribution in [-0.2, 0) is 11.3 Å². The molecule has 0 spiro atoms. The molecule has 0 radical (unpaired) electrons. The first-order valence-electron chi connectivity index (χ1n) is 4.84. The lowest BCUT2D eigenvalue weighted by Gasteiger charge is -2.04. The van der Waals surface area contributed by atoms with Gasteiger partial charge in [0.2, 0.25) is 0 Å². The number of aliphatic hydroxyl groups is 1. The number of aliphatic hydroxyl groups excluding tert-OH is 1. The van der Waals surface area contributed by atoms with Gasteiger partial charge in [0.25, 0.3) is 0 Å². The summed E-state index contributed by atoms with van der Waals surface area (Å²) < 4.78 is 4.93. The maximum Gasteiger partial charge on any atom is 0.408 e. The second-order valence-electron chi connectivity index (χ2n) is 2.93. The van der Waals surface area contributed by atoms with Gasteiger partial charge in [0.05, 0.1) is 6.54 Å². The van der Waals surface area contributed by atoms with Gasteiger partial charge in [0, 0.05) is 0 Å². The van der Waals surface area contributed by atoms with Crippen molar-refractivity contribution in [3.8, 4) is 11.8 Å². The zero-order chi connectivity index (χ0) is 11.6. The van der Waals surface area contributed by atoms with Crippen LogP contribution < -0.4 is 5.32 Å². The molecule has 1 rings (SSSR count). The van der Waals surface area contributed by atoms with Crippen molar-refractivity contribution in [2.24, 2.45) is 0 Å². The Morgan fingerprint density at radius 2 is 2.06 bits per heavy atom. The molecule has 0 atom stereocenters. The number of ether oxygens (including phenoxy) is 1. The van der Waals surface area contributed by atoms with Crippen molar-refractivity contribution in [2.45, 2.75) is 6.61 Å². The van der Waals surface area contributed by atoms with E-state index in [1.54, 1.807) is 0 Å². The predicted octanol–water partition coefficient (Wildman–Crippen LogP) is 0.909. The van der Waals surface area contributed by atoms with Gasteiger partial charge in [0.15, 0.2) is 0 Å². The molecule has 0 saturated carbocycles. The number of carbonyl (C=O) groups excluding carboxylic acids is 1. The van der Waals surface area contributed by atoms with E-state index >= 15 is 0 Å². The Morgan fingerprint density at radius 1 is 1.31 bits per heavy atom. The largest absolute Gasteiger partial charge is 0.445 e. The van der Waals surface area contributed by atoms with Gasteiger partial charge in [-0.05, 0) is 5.56 Å². The molecule has 0 aliphatic carbocycles. The number of amides is 1. The summed E-state index contributed by atoms with van der Waals surface area (Å²) in [6.45, 7) is 0.203. The van der Waals surface area contributed by atoms with Gasteiger partial charge >= 0.3 is 6.09 Å². The highest BCUT2D eigenvalue weighted by Gasteiger charge is 1.99. The van der Waals surface area contributed by atoms with Crippen LogP contribution in [0.2, 0.25) is 0 Å². The average molecular weight is 219 g/mol. The first-order valence-corrected chi connectivity index (χ1v) is 4.84. The van der Waals surface area contributed by atoms with E-state index in [1.807, 2.05) is 30.3 Å². The Kier molecular flexibility index (Phi) is 5.53. The fraction of sp³-hybridized carbons (Fsp3) is 0.250. The predicted molar refractivity (Wildman–Crippen MR) is 59.5 cm³/mol. The van der Waals surface area contributed by atoms with Crippen LogP contribution >= 0.6 is 0 Å². The molecule has 0 aromatic heterocycles. The van der Waals surface area contributed by atoms with Crippen LogP contribution in [0.25, 0.3) is 0 Å². The van der Waals surface area contributed by atoms with Crippen LogP contribution in [0.3, 0.4) is 0 Å². The van der Waals surface area contributed by atoms with Crippen LogP contribution in [0.15, 0.2) is 30.3 Å². The zero-order valence-electron chi connectivity index (χ0n) is 8.77. The van der Waals surface area contributed by atoms with Crippen molar-refractivity contribution in [2.75, 3.05) is 13.2 Å². The maximum atomic E-state index is 11.1. The summed E-state index contributed by atoms with van der Waals surface area (Å²) >= 11 is 0. The van der Waals surface area contributed by atoms with E-state index in [1.165, 1.54) is 0 Å². The number of nitrogens with one attached hydrogen (secondary N) is 1. The van der Waals surface area contributed by atoms with E-state index in [-0.39, 0.29) is 19.8 Å². The number of rotatable bonds is 3. The highest BCUT2D eigenvalue weighted by molar-refractivity contribution is 5.67. The Labute approximate surface area is 94.2 Å². The minimum absolute atomic E-state index is 0.175. The van der Waals surface area contributed by atoms with Gasteiger partial charge in [-0.1, -0.05) is 42.2 Å². The van der Waals surface area contributed by atoms with Crippen molar-refractivity contribution in [1.82, 2.24) is 5.32 Å². The minimum Gasteiger partial charge on any atom is -0.445 e. The standard InChI is InChI=1S/C12H13NO3/c14-9-5-4-8-13-12(15)16-10-11-6-2-1-3-7-11/h1-3,6-7,14H,8-10H2,(H,13,15). The second-order valence-corrected chi connectivity index (χ2v) is 2.93. The van der Waals surface area contributed by atoms with E-state index in [0.29, 0.717) is 0 Å². The van der Waals surface area contributed by atoms with Crippen LogP contribution in [0.1, 0.15) is 5.56 Å². The van der Waals surface area contributed by atoms with Gasteiger partial charge in [-0.25, -0.2) is 4.79 Å². The van der Waals surface area contributed by atoms with Crippen molar-refractivity contribution in [3.05, 3.63) is 35.9 Å². The molecule has 1 amide bonds. The number of alkyl carbamates (subject to hydrolysis) is 1. The first-order chi connectivity index (χ1) is 7.83. The Morgan fingerprint density at radius 3 is 2.75 bits per heavy atom. The van der Waals surface area contributed by atoms with Gasteiger partial charge in [0.1, 0.15) is 13.2 Å². The Hall–Kier alpha value is -1.99. The lowest BCUT2D eigenvalue weighted by atomic mass is 10.2. The first kappa shape index (κ1) is 12.1. The summed E-state index contributed by atoms with van der Waals surface area (Å²) in [5.41, 5.74) is 0.930. The van der Waals surface area contributed by atoms with E-state index in [4.69, 9.17) is 9.84 Å². The maximum absolute atomic E-state index is 11.1. The van der Waals surface area contributed by atoms with Crippen molar-refractivity contribution in [1.29, 1.82) is 0 Å². The van der Waals surface area contributed by atoms with E-state index in [9.17, 15) is 4.79 Å². The molecule has 1 aromatic carbocycles. The van der Waals surface area contributed by atoms with Gasteiger partial charge in [-0.3, -0.25) is 0 Å². The molecular formula is C12H13NO3. The van der Waals surface area contributed by atoms with Crippen molar-refractivity contribution in [3.63, 3.8) is 0 Å². The summed E-state index contributed by atoms with van der Waals surface area (Å²) in [5, 5.41) is 10.8. The van der Waals surface area contributed by atoms with Crippen LogP contribution in [-0.4, -0.2) is 24.4 Å². The monoisotopic (exact) mass is 219 g/mol. The van der Waals surface area contributed by atoms with Gasteiger partial charge in [-0.15, -0.1) is 0 Å². The van der Waals surface area contributed by atoms with E-state index in [2.05, 4.69) is 17.2 Å². The van der Waals surface area contributed by atoms with Crippen LogP contribution in [0, 0.1) is 11.8 Å². The third-order valence-corrected chi connectivity index (χ3v) is 1.74. The SMILES string of the molecule is O=C(NCC#CCO)OCc1ccccc1. The number of benzene rings is 1. The smallest absolute Gasteiger partial charge is 0.408 e. The molecule has 0 saturated heterocycles. The molecule has 0 unspecified atom stereocenters. The number of hydrogen-bond donors (Lipinski definition) is 2. The third-order valence-electron chi connectivity index (χ3n) is 1.74. The van der Waals surface area contributed by atoms with E-state index < -0.39 is 6.09 Å². The minimum atomic E-state index is -0.518. The van der Waals surface area contributed by atoms with Crippen molar-refractivity contribution < 1.29 is 14.6 Å². The summed E-state index contributed by atoms with van der Waals surface area (Å²) in [6.07, 6.45) is -0.518. The van der Waals surface area contributed by atoms with Gasteiger partial charge < -0.3 is 15.2 Å². The number of hydrogen-bond acceptors (Lipinski definition) is 3. The Balaban J connectivity index is 2.20. The van der Waals surface area contributed by atoms with Crippen LogP contribution in [0.5, 0.6) is 0 Å². The quantitative estimate of drug-likeness (QED) is 0.743. The lowest BCUT2D eigenvalue weighted by Crippen LogP contribution is -2.24. The molecule has 1 aromatic rings. The summed E-state index contributed by atoms with van der Waals surface area (Å²) in [6, 6.07) is 9.40. The third kappa shape index (κ3) is 5.03. The molecule has 0 aliphatic rings. The normalized spacial score (nSPS) is 8.81.